The quantitative estimate of drug-likeness (QED) is 0.906. The van der Waals surface area contributed by atoms with E-state index in [9.17, 15) is 5.11 Å². The van der Waals surface area contributed by atoms with Crippen LogP contribution in [-0.2, 0) is 13.0 Å². The minimum Gasteiger partial charge on any atom is -0.387 e. The lowest BCUT2D eigenvalue weighted by molar-refractivity contribution is 0.178. The van der Waals surface area contributed by atoms with E-state index < -0.39 is 6.10 Å². The standard InChI is InChI=1S/C13H18N2OS/c1-4-15-11(7-10(3)14-15)8-12(16)13-9(2)5-6-17-13/h5-7,12,16H,4,8H2,1-3H3. The highest BCUT2D eigenvalue weighted by Crippen LogP contribution is 2.26. The molecule has 0 saturated heterocycles. The lowest BCUT2D eigenvalue weighted by Gasteiger charge is -2.11. The van der Waals surface area contributed by atoms with Crippen LogP contribution in [0.1, 0.15) is 34.9 Å². The third-order valence-electron chi connectivity index (χ3n) is 2.89. The molecule has 2 aromatic rings. The summed E-state index contributed by atoms with van der Waals surface area (Å²) in [7, 11) is 0. The summed E-state index contributed by atoms with van der Waals surface area (Å²) in [5.74, 6) is 0. The van der Waals surface area contributed by atoms with Gasteiger partial charge in [-0.2, -0.15) is 5.10 Å². The number of rotatable bonds is 4. The van der Waals surface area contributed by atoms with Crippen LogP contribution in [0.3, 0.4) is 0 Å². The minimum absolute atomic E-state index is 0.420. The van der Waals surface area contributed by atoms with Crippen LogP contribution in [0.5, 0.6) is 0 Å². The molecule has 3 nitrogen and oxygen atoms in total. The molecule has 4 heteroatoms. The number of hydrogen-bond acceptors (Lipinski definition) is 3. The zero-order chi connectivity index (χ0) is 12.4. The molecule has 2 aromatic heterocycles. The average molecular weight is 250 g/mol. The van der Waals surface area contributed by atoms with Gasteiger partial charge in [0.05, 0.1) is 11.8 Å². The predicted octanol–water partition coefficient (Wildman–Crippen LogP) is 2.86. The van der Waals surface area contributed by atoms with Gasteiger partial charge in [-0.3, -0.25) is 4.68 Å². The summed E-state index contributed by atoms with van der Waals surface area (Å²) in [6, 6.07) is 4.10. The maximum Gasteiger partial charge on any atom is 0.0939 e. The van der Waals surface area contributed by atoms with Crippen molar-refractivity contribution in [1.29, 1.82) is 0 Å². The molecule has 1 atom stereocenters. The van der Waals surface area contributed by atoms with E-state index >= 15 is 0 Å². The van der Waals surface area contributed by atoms with Crippen LogP contribution >= 0.6 is 11.3 Å². The van der Waals surface area contributed by atoms with Gasteiger partial charge in [-0.05, 0) is 43.8 Å². The fraction of sp³-hybridized carbons (Fsp3) is 0.462. The summed E-state index contributed by atoms with van der Waals surface area (Å²) >= 11 is 1.62. The normalized spacial score (nSPS) is 12.9. The van der Waals surface area contributed by atoms with Crippen molar-refractivity contribution in [2.75, 3.05) is 0 Å². The van der Waals surface area contributed by atoms with Crippen molar-refractivity contribution in [3.63, 3.8) is 0 Å². The Morgan fingerprint density at radius 1 is 1.47 bits per heavy atom. The zero-order valence-corrected chi connectivity index (χ0v) is 11.3. The van der Waals surface area contributed by atoms with E-state index in [-0.39, 0.29) is 0 Å². The van der Waals surface area contributed by atoms with Gasteiger partial charge in [-0.25, -0.2) is 0 Å². The molecule has 0 amide bonds. The highest BCUT2D eigenvalue weighted by atomic mass is 32.1. The Morgan fingerprint density at radius 2 is 2.24 bits per heavy atom. The van der Waals surface area contributed by atoms with Gasteiger partial charge in [-0.15, -0.1) is 11.3 Å². The molecule has 0 aliphatic carbocycles. The van der Waals surface area contributed by atoms with Gasteiger partial charge in [0.1, 0.15) is 0 Å². The predicted molar refractivity (Wildman–Crippen MR) is 70.4 cm³/mol. The molecule has 92 valence electrons. The van der Waals surface area contributed by atoms with Crippen LogP contribution in [0.15, 0.2) is 17.5 Å². The molecule has 17 heavy (non-hydrogen) atoms. The average Bonchev–Trinajstić information content (AvgIpc) is 2.84. The lowest BCUT2D eigenvalue weighted by atomic mass is 10.1. The molecule has 0 saturated carbocycles. The Labute approximate surface area is 106 Å². The van der Waals surface area contributed by atoms with Gasteiger partial charge in [-0.1, -0.05) is 0 Å². The molecule has 0 bridgehead atoms. The summed E-state index contributed by atoms with van der Waals surface area (Å²) in [6.45, 7) is 6.94. The van der Waals surface area contributed by atoms with Crippen molar-refractivity contribution < 1.29 is 5.11 Å². The first-order valence-corrected chi connectivity index (χ1v) is 6.75. The van der Waals surface area contributed by atoms with E-state index in [1.54, 1.807) is 11.3 Å². The molecule has 0 radical (unpaired) electrons. The Morgan fingerprint density at radius 3 is 2.82 bits per heavy atom. The lowest BCUT2D eigenvalue weighted by Crippen LogP contribution is -2.08. The van der Waals surface area contributed by atoms with E-state index in [2.05, 4.69) is 18.1 Å². The van der Waals surface area contributed by atoms with Gasteiger partial charge in [0.2, 0.25) is 0 Å². The van der Waals surface area contributed by atoms with E-state index in [0.717, 1.165) is 22.8 Å². The van der Waals surface area contributed by atoms with Gasteiger partial charge in [0, 0.05) is 23.5 Å². The number of aromatic nitrogens is 2. The first-order chi connectivity index (χ1) is 8.11. The van der Waals surface area contributed by atoms with E-state index in [1.807, 2.05) is 30.0 Å². The zero-order valence-electron chi connectivity index (χ0n) is 10.5. The SMILES string of the molecule is CCn1nc(C)cc1CC(O)c1sccc1C. The second-order valence-electron chi connectivity index (χ2n) is 4.28. The summed E-state index contributed by atoms with van der Waals surface area (Å²) in [5.41, 5.74) is 3.28. The fourth-order valence-corrected chi connectivity index (χ4v) is 2.97. The number of hydrogen-bond donors (Lipinski definition) is 1. The molecular weight excluding hydrogens is 232 g/mol. The van der Waals surface area contributed by atoms with E-state index in [1.165, 1.54) is 5.56 Å². The van der Waals surface area contributed by atoms with Gasteiger partial charge < -0.3 is 5.11 Å². The first-order valence-electron chi connectivity index (χ1n) is 5.87. The fourth-order valence-electron chi connectivity index (χ4n) is 2.05. The second kappa shape index (κ2) is 5.02. The highest BCUT2D eigenvalue weighted by Gasteiger charge is 2.15. The van der Waals surface area contributed by atoms with Crippen LogP contribution < -0.4 is 0 Å². The number of thiophene rings is 1. The molecule has 2 rings (SSSR count). The molecule has 0 aliphatic heterocycles. The Kier molecular flexibility index (Phi) is 3.64. The molecule has 1 unspecified atom stereocenters. The van der Waals surface area contributed by atoms with Crippen molar-refractivity contribution in [1.82, 2.24) is 9.78 Å². The van der Waals surface area contributed by atoms with E-state index in [4.69, 9.17) is 0 Å². The summed E-state index contributed by atoms with van der Waals surface area (Å²) in [4.78, 5) is 1.06. The topological polar surface area (TPSA) is 38.0 Å². The Hall–Kier alpha value is -1.13. The molecule has 0 aliphatic rings. The molecule has 0 fully saturated rings. The van der Waals surface area contributed by atoms with Crippen molar-refractivity contribution >= 4 is 11.3 Å². The summed E-state index contributed by atoms with van der Waals surface area (Å²) < 4.78 is 1.96. The maximum atomic E-state index is 10.2. The molecule has 2 heterocycles. The summed E-state index contributed by atoms with van der Waals surface area (Å²) in [5, 5.41) is 16.7. The molecule has 0 spiro atoms. The van der Waals surface area contributed by atoms with Crippen molar-refractivity contribution in [3.8, 4) is 0 Å². The van der Waals surface area contributed by atoms with Crippen molar-refractivity contribution in [2.45, 2.75) is 39.8 Å². The second-order valence-corrected chi connectivity index (χ2v) is 5.23. The number of aryl methyl sites for hydroxylation is 3. The van der Waals surface area contributed by atoms with Gasteiger partial charge in [0.15, 0.2) is 0 Å². The van der Waals surface area contributed by atoms with Gasteiger partial charge in [0.25, 0.3) is 0 Å². The van der Waals surface area contributed by atoms with E-state index in [0.29, 0.717) is 6.42 Å². The monoisotopic (exact) mass is 250 g/mol. The maximum absolute atomic E-state index is 10.2. The third-order valence-corrected chi connectivity index (χ3v) is 4.01. The molecule has 1 N–H and O–H groups in total. The number of aliphatic hydroxyl groups excluding tert-OH is 1. The van der Waals surface area contributed by atoms with Crippen LogP contribution in [0.4, 0.5) is 0 Å². The van der Waals surface area contributed by atoms with Crippen LogP contribution in [0.2, 0.25) is 0 Å². The van der Waals surface area contributed by atoms with Crippen molar-refractivity contribution in [2.24, 2.45) is 0 Å². The molecular formula is C13H18N2OS. The molecule has 0 aromatic carbocycles. The number of aliphatic hydroxyl groups is 1. The van der Waals surface area contributed by atoms with Crippen molar-refractivity contribution in [3.05, 3.63) is 39.3 Å². The first kappa shape index (κ1) is 12.3. The Balaban J connectivity index is 2.18. The third kappa shape index (κ3) is 2.58. The highest BCUT2D eigenvalue weighted by molar-refractivity contribution is 7.10. The van der Waals surface area contributed by atoms with Crippen LogP contribution in [-0.4, -0.2) is 14.9 Å². The van der Waals surface area contributed by atoms with Crippen LogP contribution in [0.25, 0.3) is 0 Å². The Bertz CT molecular complexity index is 501. The smallest absolute Gasteiger partial charge is 0.0939 e. The number of nitrogens with zero attached hydrogens (tertiary/aromatic N) is 2. The van der Waals surface area contributed by atoms with Crippen LogP contribution in [0, 0.1) is 13.8 Å². The summed E-state index contributed by atoms with van der Waals surface area (Å²) in [6.07, 6.45) is 0.215. The largest absolute Gasteiger partial charge is 0.387 e. The van der Waals surface area contributed by atoms with Gasteiger partial charge >= 0.3 is 0 Å². The minimum atomic E-state index is -0.420.